The van der Waals surface area contributed by atoms with E-state index in [1.807, 2.05) is 12.1 Å². The first-order valence-corrected chi connectivity index (χ1v) is 10.1. The third-order valence-corrected chi connectivity index (χ3v) is 4.79. The summed E-state index contributed by atoms with van der Waals surface area (Å²) in [6, 6.07) is 8.49. The lowest BCUT2D eigenvalue weighted by Gasteiger charge is -2.10. The number of halogens is 3. The van der Waals surface area contributed by atoms with Gasteiger partial charge in [-0.2, -0.15) is 5.10 Å². The van der Waals surface area contributed by atoms with Gasteiger partial charge in [0.05, 0.1) is 22.3 Å². The van der Waals surface area contributed by atoms with Gasteiger partial charge in [-0.05, 0) is 67.8 Å². The minimum Gasteiger partial charge on any atom is -0.493 e. The van der Waals surface area contributed by atoms with Crippen molar-refractivity contribution in [2.75, 3.05) is 13.7 Å². The van der Waals surface area contributed by atoms with Gasteiger partial charge in [0.15, 0.2) is 18.1 Å². The summed E-state index contributed by atoms with van der Waals surface area (Å²) in [7, 11) is 1.46. The Hall–Kier alpha value is -1.91. The summed E-state index contributed by atoms with van der Waals surface area (Å²) in [5.74, 6) is 0.305. The summed E-state index contributed by atoms with van der Waals surface area (Å²) in [6.45, 7) is 1.09. The average molecular weight is 579 g/mol. The highest BCUT2D eigenvalue weighted by molar-refractivity contribution is 9.11. The highest BCUT2D eigenvalue weighted by Gasteiger charge is 2.11. The molecule has 1 N–H and O–H groups in total. The van der Waals surface area contributed by atoms with Crippen molar-refractivity contribution in [1.82, 2.24) is 5.43 Å². The molecule has 1 amide bonds. The zero-order valence-electron chi connectivity index (χ0n) is 14.8. The lowest BCUT2D eigenvalue weighted by Crippen LogP contribution is -2.24. The first-order chi connectivity index (χ1) is 13.3. The molecule has 0 aliphatic heterocycles. The molecule has 2 aromatic carbocycles. The fraction of sp³-hybridized carbons (Fsp3) is 0.167. The number of hydrazone groups is 1. The van der Waals surface area contributed by atoms with E-state index in [4.69, 9.17) is 14.2 Å². The molecule has 0 aliphatic rings. The van der Waals surface area contributed by atoms with Crippen LogP contribution in [0.4, 0.5) is 0 Å². The maximum Gasteiger partial charge on any atom is 0.308 e. The Morgan fingerprint density at radius 1 is 1.11 bits per heavy atom. The molecule has 0 spiro atoms. The Morgan fingerprint density at radius 2 is 1.79 bits per heavy atom. The van der Waals surface area contributed by atoms with E-state index in [9.17, 15) is 9.59 Å². The van der Waals surface area contributed by atoms with E-state index < -0.39 is 11.9 Å². The van der Waals surface area contributed by atoms with Gasteiger partial charge in [0, 0.05) is 11.4 Å². The minimum atomic E-state index is -0.448. The number of benzene rings is 2. The van der Waals surface area contributed by atoms with Crippen LogP contribution in [0.5, 0.6) is 17.2 Å². The quantitative estimate of drug-likeness (QED) is 0.227. The molecule has 10 heteroatoms. The Kier molecular flexibility index (Phi) is 8.46. The smallest absolute Gasteiger partial charge is 0.308 e. The van der Waals surface area contributed by atoms with Crippen LogP contribution < -0.4 is 19.6 Å². The number of hydrogen-bond donors (Lipinski definition) is 1. The number of rotatable bonds is 7. The van der Waals surface area contributed by atoms with E-state index in [0.717, 1.165) is 4.47 Å². The molecule has 0 unspecified atom stereocenters. The molecule has 2 rings (SSSR count). The first kappa shape index (κ1) is 22.4. The number of nitrogens with zero attached hydrogens (tertiary/aromatic N) is 1. The van der Waals surface area contributed by atoms with Gasteiger partial charge in [0.2, 0.25) is 0 Å². The molecule has 2 aromatic rings. The zero-order valence-corrected chi connectivity index (χ0v) is 19.6. The van der Waals surface area contributed by atoms with Crippen LogP contribution in [0.1, 0.15) is 12.5 Å². The van der Waals surface area contributed by atoms with Gasteiger partial charge in [-0.3, -0.25) is 9.59 Å². The molecule has 0 saturated heterocycles. The number of nitrogens with one attached hydrogen (secondary N) is 1. The maximum atomic E-state index is 11.9. The molecular weight excluding hydrogens is 564 g/mol. The molecule has 0 radical (unpaired) electrons. The molecule has 148 valence electrons. The summed E-state index contributed by atoms with van der Waals surface area (Å²) >= 11 is 10.1. The van der Waals surface area contributed by atoms with E-state index in [1.54, 1.807) is 18.2 Å². The predicted octanol–water partition coefficient (Wildman–Crippen LogP) is 4.44. The topological polar surface area (TPSA) is 86.2 Å². The Bertz CT molecular complexity index is 895. The number of methoxy groups -OCH3 is 1. The normalized spacial score (nSPS) is 10.6. The van der Waals surface area contributed by atoms with Gasteiger partial charge in [-0.1, -0.05) is 15.9 Å². The summed E-state index contributed by atoms with van der Waals surface area (Å²) in [6.07, 6.45) is 1.43. The van der Waals surface area contributed by atoms with Crippen molar-refractivity contribution < 1.29 is 23.8 Å². The third-order valence-electron chi connectivity index (χ3n) is 3.15. The molecule has 0 atom stereocenters. The lowest BCUT2D eigenvalue weighted by molar-refractivity contribution is -0.132. The van der Waals surface area contributed by atoms with Crippen molar-refractivity contribution in [1.29, 1.82) is 0 Å². The minimum absolute atomic E-state index is 0.217. The van der Waals surface area contributed by atoms with Gasteiger partial charge in [0.25, 0.3) is 5.91 Å². The first-order valence-electron chi connectivity index (χ1n) is 7.76. The molecule has 28 heavy (non-hydrogen) atoms. The third kappa shape index (κ3) is 6.61. The van der Waals surface area contributed by atoms with Crippen LogP contribution in [-0.4, -0.2) is 31.8 Å². The average Bonchev–Trinajstić information content (AvgIpc) is 2.61. The van der Waals surface area contributed by atoms with Crippen LogP contribution in [0.3, 0.4) is 0 Å². The summed E-state index contributed by atoms with van der Waals surface area (Å²) < 4.78 is 18.0. The van der Waals surface area contributed by atoms with E-state index >= 15 is 0 Å². The monoisotopic (exact) mass is 576 g/mol. The highest BCUT2D eigenvalue weighted by atomic mass is 79.9. The maximum absolute atomic E-state index is 11.9. The van der Waals surface area contributed by atoms with Gasteiger partial charge < -0.3 is 14.2 Å². The second-order valence-corrected chi connectivity index (χ2v) is 7.91. The number of carbonyl (C=O) groups is 2. The predicted molar refractivity (Wildman–Crippen MR) is 115 cm³/mol. The van der Waals surface area contributed by atoms with Gasteiger partial charge in [-0.15, -0.1) is 0 Å². The van der Waals surface area contributed by atoms with E-state index in [2.05, 4.69) is 58.3 Å². The number of carbonyl (C=O) groups excluding carboxylic acids is 2. The fourth-order valence-electron chi connectivity index (χ4n) is 2.02. The molecule has 0 fully saturated rings. The lowest BCUT2D eigenvalue weighted by atomic mass is 10.2. The summed E-state index contributed by atoms with van der Waals surface area (Å²) in [4.78, 5) is 23.0. The highest BCUT2D eigenvalue weighted by Crippen LogP contribution is 2.36. The van der Waals surface area contributed by atoms with Crippen LogP contribution in [0.25, 0.3) is 0 Å². The van der Waals surface area contributed by atoms with Gasteiger partial charge in [-0.25, -0.2) is 5.43 Å². The largest absolute Gasteiger partial charge is 0.493 e. The molecule has 0 saturated carbocycles. The van der Waals surface area contributed by atoms with Crippen molar-refractivity contribution in [2.45, 2.75) is 6.92 Å². The van der Waals surface area contributed by atoms with Crippen LogP contribution in [0.2, 0.25) is 0 Å². The Morgan fingerprint density at radius 3 is 2.39 bits per heavy atom. The molecule has 0 bridgehead atoms. The van der Waals surface area contributed by atoms with Crippen LogP contribution in [0.15, 0.2) is 48.9 Å². The molecule has 7 nitrogen and oxygen atoms in total. The van der Waals surface area contributed by atoms with Crippen molar-refractivity contribution >= 4 is 65.9 Å². The van der Waals surface area contributed by atoms with Crippen molar-refractivity contribution in [3.63, 3.8) is 0 Å². The zero-order chi connectivity index (χ0) is 20.7. The van der Waals surface area contributed by atoms with Crippen LogP contribution in [-0.2, 0) is 9.59 Å². The van der Waals surface area contributed by atoms with E-state index in [1.165, 1.54) is 20.2 Å². The molecule has 0 aliphatic carbocycles. The SMILES string of the molecule is COc1cc(/C=N/NC(=O)COc2c(Br)cc(Br)cc2Br)ccc1OC(C)=O. The van der Waals surface area contributed by atoms with Gasteiger partial charge >= 0.3 is 5.97 Å². The van der Waals surface area contributed by atoms with Crippen LogP contribution in [0, 0.1) is 0 Å². The summed E-state index contributed by atoms with van der Waals surface area (Å²) in [5, 5.41) is 3.88. The van der Waals surface area contributed by atoms with E-state index in [-0.39, 0.29) is 6.61 Å². The molecule has 0 heterocycles. The second kappa shape index (κ2) is 10.6. The number of ether oxygens (including phenoxy) is 3. The number of hydrogen-bond acceptors (Lipinski definition) is 6. The second-order valence-electron chi connectivity index (χ2n) is 5.28. The van der Waals surface area contributed by atoms with Gasteiger partial charge in [0.1, 0.15) is 5.75 Å². The summed E-state index contributed by atoms with van der Waals surface area (Å²) in [5.41, 5.74) is 3.02. The number of esters is 1. The number of amides is 1. The van der Waals surface area contributed by atoms with E-state index in [0.29, 0.717) is 31.8 Å². The van der Waals surface area contributed by atoms with Crippen molar-refractivity contribution in [3.05, 3.63) is 49.3 Å². The van der Waals surface area contributed by atoms with Crippen molar-refractivity contribution in [2.24, 2.45) is 5.10 Å². The van der Waals surface area contributed by atoms with Crippen molar-refractivity contribution in [3.8, 4) is 17.2 Å². The Labute approximate surface area is 186 Å². The molecule has 0 aromatic heterocycles. The van der Waals surface area contributed by atoms with Crippen LogP contribution >= 0.6 is 47.8 Å². The fourth-order valence-corrected chi connectivity index (χ4v) is 4.51. The standard InChI is InChI=1S/C18H15Br3N2O5/c1-10(24)28-15-4-3-11(5-16(15)26-2)8-22-23-17(25)9-27-18-13(20)6-12(19)7-14(18)21/h3-8H,9H2,1-2H3,(H,23,25)/b22-8+. The Balaban J connectivity index is 1.94. The molecular formula is C18H15Br3N2O5.